The molecular formula is C20H26N4O2. The van der Waals surface area contributed by atoms with Crippen LogP contribution in [0.1, 0.15) is 18.1 Å². The van der Waals surface area contributed by atoms with Crippen LogP contribution in [0.5, 0.6) is 0 Å². The fraction of sp³-hybridized carbons (Fsp3) is 0.300. The molecule has 26 heavy (non-hydrogen) atoms. The van der Waals surface area contributed by atoms with Crippen molar-refractivity contribution >= 4 is 17.6 Å². The standard InChI is InChI=1S/C20H26N4O2/c1-3-24(14-16-9-5-4-6-10-16)19(25)13-22-20(21)23-18-12-8-7-11-17(18)15-26-2/h4-12H,3,13-15H2,1-2H3,(H3,21,22,23). The summed E-state index contributed by atoms with van der Waals surface area (Å²) in [6.45, 7) is 3.61. The van der Waals surface area contributed by atoms with E-state index in [-0.39, 0.29) is 18.4 Å². The number of guanidine groups is 1. The van der Waals surface area contributed by atoms with Crippen molar-refractivity contribution < 1.29 is 9.53 Å². The molecule has 0 spiro atoms. The van der Waals surface area contributed by atoms with Crippen molar-refractivity contribution in [3.63, 3.8) is 0 Å². The minimum absolute atomic E-state index is 0.00590. The van der Waals surface area contributed by atoms with Crippen molar-refractivity contribution in [3.8, 4) is 0 Å². The van der Waals surface area contributed by atoms with Crippen LogP contribution in [0, 0.1) is 0 Å². The zero-order valence-corrected chi connectivity index (χ0v) is 15.3. The van der Waals surface area contributed by atoms with Crippen molar-refractivity contribution in [3.05, 3.63) is 65.7 Å². The molecule has 0 fully saturated rings. The number of carbonyl (C=O) groups is 1. The number of benzene rings is 2. The number of aliphatic imine (C=N–C) groups is 1. The molecule has 6 heteroatoms. The molecule has 0 saturated carbocycles. The van der Waals surface area contributed by atoms with Crippen LogP contribution in [0.2, 0.25) is 0 Å². The van der Waals surface area contributed by atoms with Gasteiger partial charge in [0, 0.05) is 31.5 Å². The van der Waals surface area contributed by atoms with Gasteiger partial charge in [-0.2, -0.15) is 0 Å². The summed E-state index contributed by atoms with van der Waals surface area (Å²) in [5.41, 5.74) is 8.82. The number of methoxy groups -OCH3 is 1. The number of amides is 1. The fourth-order valence-corrected chi connectivity index (χ4v) is 2.53. The van der Waals surface area contributed by atoms with Crippen LogP contribution in [-0.4, -0.2) is 37.0 Å². The maximum absolute atomic E-state index is 12.4. The summed E-state index contributed by atoms with van der Waals surface area (Å²) in [5.74, 6) is 0.143. The smallest absolute Gasteiger partial charge is 0.244 e. The first-order valence-corrected chi connectivity index (χ1v) is 8.59. The van der Waals surface area contributed by atoms with E-state index in [0.717, 1.165) is 16.8 Å². The van der Waals surface area contributed by atoms with E-state index in [1.807, 2.05) is 61.5 Å². The van der Waals surface area contributed by atoms with Crippen LogP contribution in [0.4, 0.5) is 5.69 Å². The zero-order valence-electron chi connectivity index (χ0n) is 15.3. The average Bonchev–Trinajstić information content (AvgIpc) is 2.67. The number of para-hydroxylation sites is 1. The van der Waals surface area contributed by atoms with Gasteiger partial charge in [0.2, 0.25) is 5.91 Å². The summed E-state index contributed by atoms with van der Waals surface area (Å²) in [4.78, 5) is 18.4. The molecule has 2 rings (SSSR count). The Morgan fingerprint density at radius 3 is 2.54 bits per heavy atom. The minimum atomic E-state index is -0.0636. The van der Waals surface area contributed by atoms with Crippen molar-refractivity contribution in [2.75, 3.05) is 25.5 Å². The van der Waals surface area contributed by atoms with Gasteiger partial charge in [0.05, 0.1) is 6.61 Å². The number of ether oxygens (including phenoxy) is 1. The number of carbonyl (C=O) groups excluding carboxylic acids is 1. The molecule has 0 aliphatic heterocycles. The number of hydrogen-bond donors (Lipinski definition) is 2. The van der Waals surface area contributed by atoms with Crippen LogP contribution in [0.3, 0.4) is 0 Å². The molecule has 1 amide bonds. The first-order valence-electron chi connectivity index (χ1n) is 8.59. The summed E-state index contributed by atoms with van der Waals surface area (Å²) >= 11 is 0. The second kappa shape index (κ2) is 10.2. The molecule has 0 bridgehead atoms. The molecule has 0 saturated heterocycles. The van der Waals surface area contributed by atoms with E-state index in [0.29, 0.717) is 19.7 Å². The van der Waals surface area contributed by atoms with E-state index >= 15 is 0 Å². The second-order valence-electron chi connectivity index (χ2n) is 5.81. The molecule has 3 N–H and O–H groups in total. The highest BCUT2D eigenvalue weighted by atomic mass is 16.5. The summed E-state index contributed by atoms with van der Waals surface area (Å²) in [5, 5.41) is 3.03. The van der Waals surface area contributed by atoms with Crippen molar-refractivity contribution in [1.82, 2.24) is 4.90 Å². The Morgan fingerprint density at radius 1 is 1.15 bits per heavy atom. The molecule has 2 aromatic carbocycles. The molecule has 138 valence electrons. The SMILES string of the molecule is CCN(Cc1ccccc1)C(=O)CN=C(N)Nc1ccccc1COC. The van der Waals surface area contributed by atoms with Gasteiger partial charge in [-0.05, 0) is 18.6 Å². The number of likely N-dealkylation sites (N-methyl/N-ethyl adjacent to an activating group) is 1. The normalized spacial score (nSPS) is 11.2. The third-order valence-corrected chi connectivity index (χ3v) is 3.92. The summed E-state index contributed by atoms with van der Waals surface area (Å²) < 4.78 is 5.17. The predicted octanol–water partition coefficient (Wildman–Crippen LogP) is 2.61. The van der Waals surface area contributed by atoms with Gasteiger partial charge in [-0.3, -0.25) is 4.79 Å². The maximum atomic E-state index is 12.4. The fourth-order valence-electron chi connectivity index (χ4n) is 2.53. The third-order valence-electron chi connectivity index (χ3n) is 3.92. The summed E-state index contributed by atoms with van der Waals surface area (Å²) in [6, 6.07) is 17.6. The van der Waals surface area contributed by atoms with Gasteiger partial charge >= 0.3 is 0 Å². The van der Waals surface area contributed by atoms with Gasteiger partial charge in [-0.25, -0.2) is 4.99 Å². The lowest BCUT2D eigenvalue weighted by Crippen LogP contribution is -2.33. The molecule has 0 heterocycles. The lowest BCUT2D eigenvalue weighted by atomic mass is 10.2. The van der Waals surface area contributed by atoms with Crippen molar-refractivity contribution in [2.45, 2.75) is 20.1 Å². The number of rotatable bonds is 8. The van der Waals surface area contributed by atoms with E-state index < -0.39 is 0 Å². The first-order chi connectivity index (χ1) is 12.6. The predicted molar refractivity (Wildman–Crippen MR) is 105 cm³/mol. The van der Waals surface area contributed by atoms with Gasteiger partial charge in [-0.1, -0.05) is 48.5 Å². The number of nitrogens with zero attached hydrogens (tertiary/aromatic N) is 2. The van der Waals surface area contributed by atoms with Gasteiger partial charge in [0.25, 0.3) is 0 Å². The quantitative estimate of drug-likeness (QED) is 0.564. The number of hydrogen-bond acceptors (Lipinski definition) is 3. The molecule has 0 aromatic heterocycles. The average molecular weight is 354 g/mol. The second-order valence-corrected chi connectivity index (χ2v) is 5.81. The van der Waals surface area contributed by atoms with Gasteiger partial charge in [0.1, 0.15) is 6.54 Å². The van der Waals surface area contributed by atoms with E-state index in [1.54, 1.807) is 12.0 Å². The lowest BCUT2D eigenvalue weighted by Gasteiger charge is -2.20. The molecule has 0 aliphatic carbocycles. The van der Waals surface area contributed by atoms with E-state index in [4.69, 9.17) is 10.5 Å². The minimum Gasteiger partial charge on any atom is -0.380 e. The first kappa shape index (κ1) is 19.5. The number of nitrogens with two attached hydrogens (primary N) is 1. The van der Waals surface area contributed by atoms with Gasteiger partial charge < -0.3 is 20.7 Å². The highest BCUT2D eigenvalue weighted by molar-refractivity contribution is 5.94. The van der Waals surface area contributed by atoms with E-state index in [2.05, 4.69) is 10.3 Å². The highest BCUT2D eigenvalue weighted by Crippen LogP contribution is 2.15. The molecule has 0 atom stereocenters. The monoisotopic (exact) mass is 354 g/mol. The van der Waals surface area contributed by atoms with E-state index in [1.165, 1.54) is 0 Å². The van der Waals surface area contributed by atoms with Crippen molar-refractivity contribution in [2.24, 2.45) is 10.7 Å². The number of anilines is 1. The molecule has 2 aromatic rings. The Morgan fingerprint density at radius 2 is 1.85 bits per heavy atom. The molecule has 0 aliphatic rings. The number of nitrogens with one attached hydrogen (secondary N) is 1. The van der Waals surface area contributed by atoms with Crippen molar-refractivity contribution in [1.29, 1.82) is 0 Å². The van der Waals surface area contributed by atoms with Gasteiger partial charge in [0.15, 0.2) is 5.96 Å². The Labute approximate surface area is 154 Å². The van der Waals surface area contributed by atoms with E-state index in [9.17, 15) is 4.79 Å². The Kier molecular flexibility index (Phi) is 7.64. The summed E-state index contributed by atoms with van der Waals surface area (Å²) in [7, 11) is 1.64. The highest BCUT2D eigenvalue weighted by Gasteiger charge is 2.12. The summed E-state index contributed by atoms with van der Waals surface area (Å²) in [6.07, 6.45) is 0. The topological polar surface area (TPSA) is 80.0 Å². The Bertz CT molecular complexity index is 732. The van der Waals surface area contributed by atoms with Crippen LogP contribution in [0.25, 0.3) is 0 Å². The molecular weight excluding hydrogens is 328 g/mol. The van der Waals surface area contributed by atoms with Crippen LogP contribution < -0.4 is 11.1 Å². The molecule has 0 radical (unpaired) electrons. The largest absolute Gasteiger partial charge is 0.380 e. The van der Waals surface area contributed by atoms with Crippen LogP contribution in [0.15, 0.2) is 59.6 Å². The van der Waals surface area contributed by atoms with Crippen LogP contribution in [-0.2, 0) is 22.7 Å². The molecule has 6 nitrogen and oxygen atoms in total. The lowest BCUT2D eigenvalue weighted by molar-refractivity contribution is -0.130. The van der Waals surface area contributed by atoms with Crippen LogP contribution >= 0.6 is 0 Å². The van der Waals surface area contributed by atoms with Gasteiger partial charge in [-0.15, -0.1) is 0 Å². The Hall–Kier alpha value is -2.86. The maximum Gasteiger partial charge on any atom is 0.244 e. The molecule has 0 unspecified atom stereocenters. The third kappa shape index (κ3) is 5.89. The zero-order chi connectivity index (χ0) is 18.8. The Balaban J connectivity index is 1.95.